The van der Waals surface area contributed by atoms with Gasteiger partial charge in [-0.25, -0.2) is 4.68 Å². The van der Waals surface area contributed by atoms with Crippen molar-refractivity contribution in [3.8, 4) is 0 Å². The van der Waals surface area contributed by atoms with E-state index in [4.69, 9.17) is 61.3 Å². The highest BCUT2D eigenvalue weighted by atomic mass is 79.9. The summed E-state index contributed by atoms with van der Waals surface area (Å²) in [6.07, 6.45) is -0.589. The van der Waals surface area contributed by atoms with E-state index in [0.717, 1.165) is 16.9 Å². The van der Waals surface area contributed by atoms with Gasteiger partial charge in [-0.1, -0.05) is 66.0 Å². The number of ether oxygens (including phenoxy) is 2. The van der Waals surface area contributed by atoms with Crippen LogP contribution in [0.3, 0.4) is 0 Å². The molecule has 0 saturated carbocycles. The van der Waals surface area contributed by atoms with Gasteiger partial charge in [0.25, 0.3) is 3.79 Å². The molecule has 0 fully saturated rings. The van der Waals surface area contributed by atoms with Crippen molar-refractivity contribution >= 4 is 87.2 Å². The quantitative estimate of drug-likeness (QED) is 0.131. The average Bonchev–Trinajstić information content (AvgIpc) is 2.85. The van der Waals surface area contributed by atoms with Gasteiger partial charge in [0.15, 0.2) is 0 Å². The molecule has 1 unspecified atom stereocenters. The zero-order valence-corrected chi connectivity index (χ0v) is 21.6. The van der Waals surface area contributed by atoms with Crippen molar-refractivity contribution in [3.63, 3.8) is 0 Å². The summed E-state index contributed by atoms with van der Waals surface area (Å²) in [5.74, 6) is -0.463. The molecule has 0 saturated heterocycles. The van der Waals surface area contributed by atoms with Crippen LogP contribution in [0.1, 0.15) is 18.6 Å². The van der Waals surface area contributed by atoms with Crippen LogP contribution in [0.25, 0.3) is 10.9 Å². The van der Waals surface area contributed by atoms with Gasteiger partial charge in [-0.05, 0) is 41.0 Å². The number of fused-ring (bicyclic) bond motifs is 1. The summed E-state index contributed by atoms with van der Waals surface area (Å²) >= 11 is 27.0. The third-order valence-electron chi connectivity index (χ3n) is 3.99. The fourth-order valence-corrected chi connectivity index (χ4v) is 4.13. The third-order valence-corrected chi connectivity index (χ3v) is 7.02. The minimum absolute atomic E-state index is 0.288. The molecule has 1 heterocycles. The van der Waals surface area contributed by atoms with Crippen LogP contribution >= 0.6 is 62.3 Å². The van der Waals surface area contributed by atoms with Gasteiger partial charge in [0.1, 0.15) is 17.4 Å². The fraction of sp³-hybridized carbons (Fsp3) is 0.529. The van der Waals surface area contributed by atoms with Gasteiger partial charge in [0.2, 0.25) is 5.90 Å². The number of hydrogen-bond donors (Lipinski definition) is 1. The molecule has 0 aliphatic carbocycles. The summed E-state index contributed by atoms with van der Waals surface area (Å²) in [6, 6.07) is 4.63. The Bertz CT molecular complexity index is 865. The van der Waals surface area contributed by atoms with E-state index < -0.39 is 23.9 Å². The van der Waals surface area contributed by atoms with Crippen molar-refractivity contribution < 1.29 is 9.47 Å². The van der Waals surface area contributed by atoms with Crippen LogP contribution in [0.2, 0.25) is 30.7 Å². The average molecular weight is 550 g/mol. The molecule has 5 nitrogen and oxygen atoms in total. The minimum atomic E-state index is -1.94. The van der Waals surface area contributed by atoms with Gasteiger partial charge in [0.05, 0.1) is 5.52 Å². The number of nitrogens with zero attached hydrogens (tertiary/aromatic N) is 2. The Morgan fingerprint density at radius 1 is 1.32 bits per heavy atom. The monoisotopic (exact) mass is 547 g/mol. The number of hydrogen-bond acceptors (Lipinski definition) is 4. The lowest BCUT2D eigenvalue weighted by atomic mass is 10.1. The van der Waals surface area contributed by atoms with Crippen molar-refractivity contribution in [1.29, 1.82) is 5.41 Å². The van der Waals surface area contributed by atoms with Crippen LogP contribution in [0.5, 0.6) is 0 Å². The molecule has 1 atom stereocenters. The number of aromatic nitrogens is 2. The molecule has 0 radical (unpaired) electrons. The lowest BCUT2D eigenvalue weighted by Crippen LogP contribution is -2.23. The van der Waals surface area contributed by atoms with Gasteiger partial charge in [-0.2, -0.15) is 5.10 Å². The maximum absolute atomic E-state index is 7.83. The molecule has 2 aromatic rings. The van der Waals surface area contributed by atoms with Gasteiger partial charge >= 0.3 is 0 Å². The van der Waals surface area contributed by atoms with E-state index in [9.17, 15) is 0 Å². The third kappa shape index (κ3) is 6.49. The van der Waals surface area contributed by atoms with Gasteiger partial charge < -0.3 is 9.47 Å². The van der Waals surface area contributed by atoms with Crippen LogP contribution in [-0.4, -0.2) is 34.2 Å². The number of benzene rings is 1. The van der Waals surface area contributed by atoms with Crippen molar-refractivity contribution in [2.45, 2.75) is 49.2 Å². The van der Waals surface area contributed by atoms with Gasteiger partial charge in [0, 0.05) is 30.7 Å². The van der Waals surface area contributed by atoms with E-state index in [2.05, 4.69) is 40.7 Å². The van der Waals surface area contributed by atoms with Gasteiger partial charge in [-0.15, -0.1) is 0 Å². The van der Waals surface area contributed by atoms with Gasteiger partial charge in [-0.3, -0.25) is 5.41 Å². The molecule has 0 spiro atoms. The highest BCUT2D eigenvalue weighted by molar-refractivity contribution is 9.10. The van der Waals surface area contributed by atoms with Crippen molar-refractivity contribution in [1.82, 2.24) is 9.78 Å². The molecular formula is C17H22BrCl4N3O2Si. The van der Waals surface area contributed by atoms with Crippen molar-refractivity contribution in [3.05, 3.63) is 27.3 Å². The summed E-state index contributed by atoms with van der Waals surface area (Å²) in [7, 11) is -1.18. The van der Waals surface area contributed by atoms with E-state index in [0.29, 0.717) is 21.8 Å². The summed E-state index contributed by atoms with van der Waals surface area (Å²) in [4.78, 5) is 0. The lowest BCUT2D eigenvalue weighted by Gasteiger charge is -2.21. The van der Waals surface area contributed by atoms with Crippen molar-refractivity contribution in [2.24, 2.45) is 0 Å². The zero-order chi connectivity index (χ0) is 21.3. The molecule has 0 amide bonds. The SMILES string of the molecule is CC(OC(=N)C(Cl)(Cl)Cl)c1cc(Cl)cc2c(Br)nn(COCC[Si](C)(C)C)c12. The summed E-state index contributed by atoms with van der Waals surface area (Å²) in [5.41, 5.74) is 1.50. The summed E-state index contributed by atoms with van der Waals surface area (Å²) < 4.78 is 11.8. The Balaban J connectivity index is 2.33. The first-order valence-electron chi connectivity index (χ1n) is 8.55. The van der Waals surface area contributed by atoms with Crippen molar-refractivity contribution in [2.75, 3.05) is 6.61 Å². The second-order valence-electron chi connectivity index (χ2n) is 7.62. The predicted molar refractivity (Wildman–Crippen MR) is 124 cm³/mol. The molecule has 1 N–H and O–H groups in total. The Morgan fingerprint density at radius 3 is 2.54 bits per heavy atom. The molecule has 1 aromatic carbocycles. The number of halogens is 5. The molecule has 1 aromatic heterocycles. The normalized spacial score (nSPS) is 13.8. The van der Waals surface area contributed by atoms with Crippen LogP contribution in [0, 0.1) is 5.41 Å². The smallest absolute Gasteiger partial charge is 0.265 e. The summed E-state index contributed by atoms with van der Waals surface area (Å²) in [5, 5.41) is 13.7. The Morgan fingerprint density at radius 2 is 1.96 bits per heavy atom. The molecule has 0 aliphatic rings. The largest absolute Gasteiger partial charge is 0.470 e. The van der Waals surface area contributed by atoms with E-state index in [1.807, 2.05) is 6.07 Å². The minimum Gasteiger partial charge on any atom is -0.470 e. The van der Waals surface area contributed by atoms with Crippen LogP contribution in [0.15, 0.2) is 16.7 Å². The summed E-state index contributed by atoms with van der Waals surface area (Å²) in [6.45, 7) is 9.61. The van der Waals surface area contributed by atoms with Crippen LogP contribution in [0.4, 0.5) is 0 Å². The first-order chi connectivity index (χ1) is 12.8. The predicted octanol–water partition coefficient (Wildman–Crippen LogP) is 7.19. The van der Waals surface area contributed by atoms with E-state index in [1.165, 1.54) is 0 Å². The number of alkyl halides is 3. The highest BCUT2D eigenvalue weighted by Crippen LogP contribution is 2.36. The molecule has 11 heteroatoms. The van der Waals surface area contributed by atoms with Crippen LogP contribution < -0.4 is 0 Å². The molecule has 0 aliphatic heterocycles. The zero-order valence-electron chi connectivity index (χ0n) is 16.0. The van der Waals surface area contributed by atoms with E-state index in [-0.39, 0.29) is 6.73 Å². The number of rotatable bonds is 7. The molecular weight excluding hydrogens is 528 g/mol. The highest BCUT2D eigenvalue weighted by Gasteiger charge is 2.31. The first kappa shape index (κ1) is 24.2. The molecule has 2 rings (SSSR count). The second kappa shape index (κ2) is 9.41. The standard InChI is InChI=1S/C17H22BrCl4N3O2Si/c1-10(27-16(23)17(20,21)22)12-7-11(19)8-13-14(12)25(24-15(13)18)9-26-5-6-28(2,3)4/h7-8,10,23H,5-6,9H2,1-4H3. The maximum atomic E-state index is 7.83. The fourth-order valence-electron chi connectivity index (χ4n) is 2.52. The lowest BCUT2D eigenvalue weighted by molar-refractivity contribution is 0.0811. The molecule has 0 bridgehead atoms. The first-order valence-corrected chi connectivity index (χ1v) is 14.6. The molecule has 156 valence electrons. The van der Waals surface area contributed by atoms with Crippen LogP contribution in [-0.2, 0) is 16.2 Å². The second-order valence-corrected chi connectivity index (χ2v) is 16.7. The topological polar surface area (TPSA) is 60.1 Å². The molecule has 28 heavy (non-hydrogen) atoms. The van der Waals surface area contributed by atoms with E-state index in [1.54, 1.807) is 17.7 Å². The Kier molecular flexibility index (Phi) is 8.15. The van der Waals surface area contributed by atoms with E-state index >= 15 is 0 Å². The number of nitrogens with one attached hydrogen (secondary N) is 1. The maximum Gasteiger partial charge on any atom is 0.265 e. The Labute approximate surface area is 194 Å². The Hall–Kier alpha value is -0.0231.